The standard InChI is InChI=1S/C20H28N6O4/c1-28-16-10-14(11-17(29-2)19(16)30-3)24-20(27)22-7-6-21-18-12-15(13-23-25-18)26-8-4-5-9-26/h10-13H,4-9H2,1-3H3,(H,21,25)(H2,22,24,27). The van der Waals surface area contributed by atoms with E-state index < -0.39 is 0 Å². The molecule has 3 rings (SSSR count). The zero-order chi connectivity index (χ0) is 21.3. The number of anilines is 3. The first kappa shape index (κ1) is 21.3. The predicted octanol–water partition coefficient (Wildman–Crippen LogP) is 2.34. The maximum atomic E-state index is 12.2. The van der Waals surface area contributed by atoms with Crippen molar-refractivity contribution in [3.63, 3.8) is 0 Å². The summed E-state index contributed by atoms with van der Waals surface area (Å²) >= 11 is 0. The molecule has 0 unspecified atom stereocenters. The van der Waals surface area contributed by atoms with Crippen LogP contribution in [0.5, 0.6) is 17.2 Å². The molecule has 0 saturated carbocycles. The minimum Gasteiger partial charge on any atom is -0.493 e. The third-order valence-corrected chi connectivity index (χ3v) is 4.75. The number of nitrogens with zero attached hydrogens (tertiary/aromatic N) is 3. The summed E-state index contributed by atoms with van der Waals surface area (Å²) in [7, 11) is 4.57. The maximum Gasteiger partial charge on any atom is 0.319 e. The van der Waals surface area contributed by atoms with Gasteiger partial charge in [-0.05, 0) is 12.8 Å². The summed E-state index contributed by atoms with van der Waals surface area (Å²) < 4.78 is 15.9. The highest BCUT2D eigenvalue weighted by Gasteiger charge is 2.15. The van der Waals surface area contributed by atoms with Crippen LogP contribution in [0, 0.1) is 0 Å². The molecule has 2 aromatic rings. The number of ether oxygens (including phenoxy) is 3. The third-order valence-electron chi connectivity index (χ3n) is 4.75. The minimum absolute atomic E-state index is 0.344. The van der Waals surface area contributed by atoms with E-state index in [1.165, 1.54) is 34.2 Å². The van der Waals surface area contributed by atoms with Crippen LogP contribution in [-0.4, -0.2) is 63.7 Å². The van der Waals surface area contributed by atoms with Gasteiger partial charge in [-0.3, -0.25) is 0 Å². The van der Waals surface area contributed by atoms with Gasteiger partial charge in [0, 0.05) is 44.4 Å². The Morgan fingerprint density at radius 1 is 1.03 bits per heavy atom. The fourth-order valence-corrected chi connectivity index (χ4v) is 3.29. The first-order valence-corrected chi connectivity index (χ1v) is 9.81. The minimum atomic E-state index is -0.344. The molecule has 3 N–H and O–H groups in total. The van der Waals surface area contributed by atoms with Crippen molar-refractivity contribution < 1.29 is 19.0 Å². The van der Waals surface area contributed by atoms with Crippen LogP contribution in [0.3, 0.4) is 0 Å². The molecule has 1 aliphatic rings. The summed E-state index contributed by atoms with van der Waals surface area (Å²) in [6, 6.07) is 4.97. The molecule has 162 valence electrons. The lowest BCUT2D eigenvalue weighted by Crippen LogP contribution is -2.32. The van der Waals surface area contributed by atoms with Crippen molar-refractivity contribution in [1.29, 1.82) is 0 Å². The fourth-order valence-electron chi connectivity index (χ4n) is 3.29. The number of carbonyl (C=O) groups is 1. The van der Waals surface area contributed by atoms with E-state index in [4.69, 9.17) is 14.2 Å². The molecule has 30 heavy (non-hydrogen) atoms. The summed E-state index contributed by atoms with van der Waals surface area (Å²) in [5.74, 6) is 2.08. The van der Waals surface area contributed by atoms with Gasteiger partial charge < -0.3 is 35.1 Å². The van der Waals surface area contributed by atoms with Crippen molar-refractivity contribution >= 4 is 23.2 Å². The van der Waals surface area contributed by atoms with Crippen molar-refractivity contribution in [3.8, 4) is 17.2 Å². The second-order valence-electron chi connectivity index (χ2n) is 6.71. The van der Waals surface area contributed by atoms with Crippen molar-refractivity contribution in [2.45, 2.75) is 12.8 Å². The number of benzene rings is 1. The van der Waals surface area contributed by atoms with Gasteiger partial charge >= 0.3 is 6.03 Å². The van der Waals surface area contributed by atoms with Gasteiger partial charge in [0.15, 0.2) is 17.3 Å². The summed E-state index contributed by atoms with van der Waals surface area (Å²) in [6.07, 6.45) is 4.19. The SMILES string of the molecule is COc1cc(NC(=O)NCCNc2cc(N3CCCC3)cnn2)cc(OC)c1OC. The lowest BCUT2D eigenvalue weighted by atomic mass is 10.2. The first-order chi connectivity index (χ1) is 14.6. The fraction of sp³-hybridized carbons (Fsp3) is 0.450. The lowest BCUT2D eigenvalue weighted by Gasteiger charge is -2.17. The van der Waals surface area contributed by atoms with E-state index in [9.17, 15) is 4.79 Å². The van der Waals surface area contributed by atoms with Crippen LogP contribution in [0.4, 0.5) is 22.0 Å². The van der Waals surface area contributed by atoms with Gasteiger partial charge in [0.05, 0.1) is 38.9 Å². The molecule has 0 bridgehead atoms. The van der Waals surface area contributed by atoms with Gasteiger partial charge in [-0.25, -0.2) is 4.79 Å². The topological polar surface area (TPSA) is 110 Å². The Hall–Kier alpha value is -3.43. The monoisotopic (exact) mass is 416 g/mol. The zero-order valence-electron chi connectivity index (χ0n) is 17.5. The van der Waals surface area contributed by atoms with E-state index in [1.807, 2.05) is 6.07 Å². The van der Waals surface area contributed by atoms with Crippen LogP contribution in [0.2, 0.25) is 0 Å². The van der Waals surface area contributed by atoms with Gasteiger partial charge in [-0.2, -0.15) is 5.10 Å². The normalized spacial score (nSPS) is 13.0. The second-order valence-corrected chi connectivity index (χ2v) is 6.71. The number of methoxy groups -OCH3 is 3. The molecule has 2 heterocycles. The molecule has 2 amide bonds. The van der Waals surface area contributed by atoms with Gasteiger partial charge in [0.25, 0.3) is 0 Å². The molecule has 0 aliphatic carbocycles. The van der Waals surface area contributed by atoms with Crippen LogP contribution >= 0.6 is 0 Å². The van der Waals surface area contributed by atoms with Crippen molar-refractivity contribution in [2.24, 2.45) is 0 Å². The highest BCUT2D eigenvalue weighted by atomic mass is 16.5. The van der Waals surface area contributed by atoms with Crippen LogP contribution < -0.4 is 35.1 Å². The molecular weight excluding hydrogens is 388 g/mol. The van der Waals surface area contributed by atoms with Gasteiger partial charge in [0.1, 0.15) is 0 Å². The Morgan fingerprint density at radius 3 is 2.37 bits per heavy atom. The number of urea groups is 1. The molecule has 10 nitrogen and oxygen atoms in total. The lowest BCUT2D eigenvalue weighted by molar-refractivity contribution is 0.252. The Labute approximate surface area is 175 Å². The molecule has 0 spiro atoms. The Balaban J connectivity index is 1.48. The summed E-state index contributed by atoms with van der Waals surface area (Å²) in [4.78, 5) is 14.5. The van der Waals surface area contributed by atoms with Crippen LogP contribution in [0.1, 0.15) is 12.8 Å². The molecule has 0 atom stereocenters. The Bertz CT molecular complexity index is 832. The smallest absolute Gasteiger partial charge is 0.319 e. The van der Waals surface area contributed by atoms with Gasteiger partial charge in [0.2, 0.25) is 5.75 Å². The third kappa shape index (κ3) is 5.34. The second kappa shape index (κ2) is 10.4. The number of nitrogens with one attached hydrogen (secondary N) is 3. The van der Waals surface area contributed by atoms with Crippen LogP contribution in [0.15, 0.2) is 24.4 Å². The number of hydrogen-bond acceptors (Lipinski definition) is 8. The van der Waals surface area contributed by atoms with Crippen LogP contribution in [-0.2, 0) is 0 Å². The maximum absolute atomic E-state index is 12.2. The van der Waals surface area contributed by atoms with Gasteiger partial charge in [-0.15, -0.1) is 5.10 Å². The van der Waals surface area contributed by atoms with Crippen molar-refractivity contribution in [1.82, 2.24) is 15.5 Å². The van der Waals surface area contributed by atoms with E-state index in [0.29, 0.717) is 41.8 Å². The molecule has 0 radical (unpaired) electrons. The average Bonchev–Trinajstić information content (AvgIpc) is 3.31. The molecule has 1 aromatic carbocycles. The Morgan fingerprint density at radius 2 is 1.73 bits per heavy atom. The molecular formula is C20H28N6O4. The van der Waals surface area contributed by atoms with Gasteiger partial charge in [-0.1, -0.05) is 0 Å². The summed E-state index contributed by atoms with van der Waals surface area (Å²) in [5, 5.41) is 16.9. The summed E-state index contributed by atoms with van der Waals surface area (Å²) in [5.41, 5.74) is 1.59. The largest absolute Gasteiger partial charge is 0.493 e. The van der Waals surface area contributed by atoms with E-state index >= 15 is 0 Å². The number of rotatable bonds is 9. The molecule has 1 aliphatic heterocycles. The van der Waals surface area contributed by atoms with E-state index in [1.54, 1.807) is 18.3 Å². The quantitative estimate of drug-likeness (QED) is 0.535. The molecule has 1 fully saturated rings. The zero-order valence-corrected chi connectivity index (χ0v) is 17.5. The van der Waals surface area contributed by atoms with E-state index in [-0.39, 0.29) is 6.03 Å². The van der Waals surface area contributed by atoms with E-state index in [0.717, 1.165) is 18.8 Å². The predicted molar refractivity (Wildman–Crippen MR) is 115 cm³/mol. The number of carbonyl (C=O) groups excluding carboxylic acids is 1. The van der Waals surface area contributed by atoms with Crippen LogP contribution in [0.25, 0.3) is 0 Å². The number of amides is 2. The molecule has 1 saturated heterocycles. The van der Waals surface area contributed by atoms with Crippen molar-refractivity contribution in [3.05, 3.63) is 24.4 Å². The number of hydrogen-bond donors (Lipinski definition) is 3. The highest BCUT2D eigenvalue weighted by molar-refractivity contribution is 5.90. The molecule has 10 heteroatoms. The van der Waals surface area contributed by atoms with Crippen molar-refractivity contribution in [2.75, 3.05) is 63.0 Å². The Kier molecular flexibility index (Phi) is 7.36. The average molecular weight is 416 g/mol. The number of aromatic nitrogens is 2. The first-order valence-electron chi connectivity index (χ1n) is 9.81. The molecule has 1 aromatic heterocycles. The van der Waals surface area contributed by atoms with E-state index in [2.05, 4.69) is 31.0 Å². The highest BCUT2D eigenvalue weighted by Crippen LogP contribution is 2.39. The summed E-state index contributed by atoms with van der Waals surface area (Å²) in [6.45, 7) is 3.02.